The molecule has 0 aliphatic heterocycles. The minimum atomic E-state index is -0.533. The van der Waals surface area contributed by atoms with Crippen molar-refractivity contribution in [2.24, 2.45) is 10.4 Å². The average molecular weight is 323 g/mol. The van der Waals surface area contributed by atoms with Crippen LogP contribution in [0.4, 0.5) is 22.9 Å². The molecule has 2 aromatic carbocycles. The molecule has 0 spiro atoms. The molecule has 0 atom stereocenters. The summed E-state index contributed by atoms with van der Waals surface area (Å²) in [4.78, 5) is 10.6. The number of anilines is 3. The van der Waals surface area contributed by atoms with Gasteiger partial charge in [-0.15, -0.1) is 0 Å². The van der Waals surface area contributed by atoms with Gasteiger partial charge in [0.2, 0.25) is 5.82 Å². The highest BCUT2D eigenvalue weighted by atomic mass is 16.6. The van der Waals surface area contributed by atoms with Crippen LogP contribution in [-0.4, -0.2) is 15.1 Å². The van der Waals surface area contributed by atoms with E-state index in [0.29, 0.717) is 5.69 Å². The molecule has 3 rings (SSSR count). The summed E-state index contributed by atoms with van der Waals surface area (Å²) >= 11 is 0. The van der Waals surface area contributed by atoms with Crippen LogP contribution in [0.5, 0.6) is 0 Å². The molecule has 0 saturated heterocycles. The number of aromatic amines is 1. The van der Waals surface area contributed by atoms with Crippen LogP contribution in [-0.2, 0) is 0 Å². The Morgan fingerprint density at radius 3 is 2.42 bits per heavy atom. The monoisotopic (exact) mass is 323 g/mol. The maximum absolute atomic E-state index is 11.1. The Balaban J connectivity index is 1.91. The molecule has 9 nitrogen and oxygen atoms in total. The summed E-state index contributed by atoms with van der Waals surface area (Å²) in [5.74, 6) is 0.116. The summed E-state index contributed by atoms with van der Waals surface area (Å²) in [6.45, 7) is 0. The van der Waals surface area contributed by atoms with Crippen LogP contribution in [0.1, 0.15) is 0 Å². The fourth-order valence-corrected chi connectivity index (χ4v) is 1.99. The Morgan fingerprint density at radius 2 is 1.75 bits per heavy atom. The highest BCUT2D eigenvalue weighted by molar-refractivity contribution is 5.66. The van der Waals surface area contributed by atoms with Crippen molar-refractivity contribution >= 4 is 22.9 Å². The van der Waals surface area contributed by atoms with Crippen LogP contribution in [0.2, 0.25) is 0 Å². The lowest BCUT2D eigenvalue weighted by Crippen LogP contribution is -2.11. The first-order chi connectivity index (χ1) is 11.8. The Hall–Kier alpha value is -3.75. The molecule has 1 aromatic heterocycles. The number of hydrogen-bond acceptors (Lipinski definition) is 5. The quantitative estimate of drug-likeness (QED) is 0.406. The fraction of sp³-hybridized carbons (Fsp3) is 0. The van der Waals surface area contributed by atoms with Gasteiger partial charge in [-0.1, -0.05) is 41.6 Å². The highest BCUT2D eigenvalue weighted by Gasteiger charge is 2.23. The van der Waals surface area contributed by atoms with Crippen LogP contribution >= 0.6 is 0 Å². The van der Waals surface area contributed by atoms with Gasteiger partial charge >= 0.3 is 5.69 Å². The lowest BCUT2D eigenvalue weighted by Gasteiger charge is -2.14. The number of hydrogen-bond donors (Lipinski definition) is 2. The molecule has 1 heterocycles. The van der Waals surface area contributed by atoms with E-state index in [1.807, 2.05) is 36.4 Å². The van der Waals surface area contributed by atoms with Gasteiger partial charge in [0.1, 0.15) is 6.20 Å². The average Bonchev–Trinajstić information content (AvgIpc) is 3.10. The number of para-hydroxylation sites is 2. The first-order valence-corrected chi connectivity index (χ1v) is 7.00. The van der Waals surface area contributed by atoms with Crippen molar-refractivity contribution < 1.29 is 4.92 Å². The van der Waals surface area contributed by atoms with E-state index in [1.54, 1.807) is 24.3 Å². The minimum Gasteiger partial charge on any atom is -0.258 e. The van der Waals surface area contributed by atoms with Crippen LogP contribution in [0.3, 0.4) is 0 Å². The molecule has 0 unspecified atom stereocenters. The zero-order chi connectivity index (χ0) is 16.8. The van der Waals surface area contributed by atoms with E-state index >= 15 is 0 Å². The number of benzene rings is 2. The summed E-state index contributed by atoms with van der Waals surface area (Å²) < 4.78 is 0. The molecule has 0 bridgehead atoms. The van der Waals surface area contributed by atoms with Gasteiger partial charge in [0.15, 0.2) is 0 Å². The Morgan fingerprint density at radius 1 is 1.08 bits per heavy atom. The van der Waals surface area contributed by atoms with E-state index in [4.69, 9.17) is 0 Å². The van der Waals surface area contributed by atoms with E-state index in [9.17, 15) is 10.1 Å². The maximum Gasteiger partial charge on any atom is 0.333 e. The molecule has 120 valence electrons. The Bertz CT molecular complexity index is 833. The van der Waals surface area contributed by atoms with Gasteiger partial charge in [0, 0.05) is 0 Å². The summed E-state index contributed by atoms with van der Waals surface area (Å²) in [5.41, 5.74) is 3.92. The predicted octanol–water partition coefficient (Wildman–Crippen LogP) is 3.85. The van der Waals surface area contributed by atoms with Crippen LogP contribution in [0.25, 0.3) is 0 Å². The third-order valence-electron chi connectivity index (χ3n) is 3.10. The number of nitrogens with one attached hydrogen (secondary N) is 2. The van der Waals surface area contributed by atoms with Gasteiger partial charge < -0.3 is 0 Å². The van der Waals surface area contributed by atoms with Gasteiger partial charge in [-0.05, 0) is 29.5 Å². The summed E-state index contributed by atoms with van der Waals surface area (Å²) in [5, 5.41) is 26.7. The normalized spacial score (nSPS) is 10.7. The summed E-state index contributed by atoms with van der Waals surface area (Å²) in [6, 6.07) is 18.2. The molecule has 0 saturated carbocycles. The Kier molecular flexibility index (Phi) is 4.43. The van der Waals surface area contributed by atoms with Crippen LogP contribution in [0.15, 0.2) is 77.3 Å². The van der Waals surface area contributed by atoms with E-state index in [-0.39, 0.29) is 11.5 Å². The van der Waals surface area contributed by atoms with Gasteiger partial charge in [-0.25, -0.2) is 0 Å². The second-order valence-corrected chi connectivity index (χ2v) is 4.68. The molecule has 9 heteroatoms. The Labute approximate surface area is 136 Å². The number of aromatic nitrogens is 2. The molecular weight excluding hydrogens is 310 g/mol. The molecule has 0 aliphatic carbocycles. The number of nitro groups is 1. The standard InChI is InChI=1S/C15H13N7O2/c23-22(24)14-11-16-18-15(14)21(13-9-5-2-6-10-13)20-19-17-12-7-3-1-4-8-12/h1-11H,(H,16,18)(H,17,20). The van der Waals surface area contributed by atoms with E-state index < -0.39 is 4.92 Å². The zero-order valence-corrected chi connectivity index (χ0v) is 12.4. The molecule has 24 heavy (non-hydrogen) atoms. The number of H-pyrrole nitrogens is 1. The summed E-state index contributed by atoms with van der Waals surface area (Å²) in [7, 11) is 0. The van der Waals surface area contributed by atoms with Crippen molar-refractivity contribution in [2.75, 3.05) is 10.4 Å². The minimum absolute atomic E-state index is 0.116. The van der Waals surface area contributed by atoms with Crippen molar-refractivity contribution in [3.63, 3.8) is 0 Å². The smallest absolute Gasteiger partial charge is 0.258 e. The maximum atomic E-state index is 11.1. The van der Waals surface area contributed by atoms with Gasteiger partial charge in [0.05, 0.1) is 16.3 Å². The largest absolute Gasteiger partial charge is 0.333 e. The van der Waals surface area contributed by atoms with Gasteiger partial charge in [-0.2, -0.15) is 10.1 Å². The van der Waals surface area contributed by atoms with Crippen molar-refractivity contribution in [3.8, 4) is 0 Å². The molecule has 3 aromatic rings. The predicted molar refractivity (Wildman–Crippen MR) is 88.7 cm³/mol. The van der Waals surface area contributed by atoms with E-state index in [1.165, 1.54) is 5.01 Å². The lowest BCUT2D eigenvalue weighted by molar-refractivity contribution is -0.384. The third-order valence-corrected chi connectivity index (χ3v) is 3.10. The SMILES string of the molecule is O=[N+]([O-])c1cn[nH]c1N(N=NNc1ccccc1)c1ccccc1. The van der Waals surface area contributed by atoms with E-state index in [0.717, 1.165) is 11.9 Å². The van der Waals surface area contributed by atoms with E-state index in [2.05, 4.69) is 26.1 Å². The molecular formula is C15H13N7O2. The molecule has 0 amide bonds. The van der Waals surface area contributed by atoms with Crippen LogP contribution in [0, 0.1) is 10.1 Å². The highest BCUT2D eigenvalue weighted by Crippen LogP contribution is 2.31. The third kappa shape index (κ3) is 3.35. The first-order valence-electron chi connectivity index (χ1n) is 7.00. The molecule has 0 fully saturated rings. The topological polar surface area (TPSA) is 112 Å². The fourth-order valence-electron chi connectivity index (χ4n) is 1.99. The van der Waals surface area contributed by atoms with Crippen molar-refractivity contribution in [1.29, 1.82) is 0 Å². The zero-order valence-electron chi connectivity index (χ0n) is 12.4. The molecule has 0 radical (unpaired) electrons. The lowest BCUT2D eigenvalue weighted by atomic mass is 10.3. The number of rotatable bonds is 6. The van der Waals surface area contributed by atoms with Crippen molar-refractivity contribution in [1.82, 2.24) is 10.2 Å². The second kappa shape index (κ2) is 7.01. The number of nitrogens with zero attached hydrogens (tertiary/aromatic N) is 5. The first kappa shape index (κ1) is 15.2. The molecule has 2 N–H and O–H groups in total. The molecule has 0 aliphatic rings. The van der Waals surface area contributed by atoms with Crippen molar-refractivity contribution in [2.45, 2.75) is 0 Å². The summed E-state index contributed by atoms with van der Waals surface area (Å²) in [6.07, 6.45) is 1.13. The van der Waals surface area contributed by atoms with Crippen LogP contribution < -0.4 is 10.4 Å². The van der Waals surface area contributed by atoms with Crippen molar-refractivity contribution in [3.05, 3.63) is 77.0 Å². The van der Waals surface area contributed by atoms with Gasteiger partial charge in [0.25, 0.3) is 0 Å². The second-order valence-electron chi connectivity index (χ2n) is 4.68. The van der Waals surface area contributed by atoms with Gasteiger partial charge in [-0.3, -0.25) is 20.6 Å².